The molecule has 0 amide bonds. The average molecular weight is 369 g/mol. The van der Waals surface area contributed by atoms with Crippen LogP contribution in [0.5, 0.6) is 0 Å². The van der Waals surface area contributed by atoms with Crippen LogP contribution in [0.15, 0.2) is 0 Å². The maximum absolute atomic E-state index is 10.3. The molecule has 0 saturated heterocycles. The predicted octanol–water partition coefficient (Wildman–Crippen LogP) is 3.09. The van der Waals surface area contributed by atoms with Crippen molar-refractivity contribution in [3.8, 4) is 0 Å². The second kappa shape index (κ2) is 8.34. The molecule has 0 aliphatic heterocycles. The van der Waals surface area contributed by atoms with Crippen LogP contribution < -0.4 is 0 Å². The van der Waals surface area contributed by atoms with Crippen molar-refractivity contribution < 1.29 is 10.2 Å². The topological polar surface area (TPSA) is 40.5 Å². The number of fused-ring (bicyclic) bond motifs is 5. The van der Waals surface area contributed by atoms with E-state index in [-0.39, 0.29) is 71.3 Å². The van der Waals surface area contributed by atoms with E-state index in [2.05, 4.69) is 13.8 Å². The minimum absolute atomic E-state index is 0. The van der Waals surface area contributed by atoms with Gasteiger partial charge in [-0.25, -0.2) is 0 Å². The SMILES string of the molecule is CC(O)[C@H]1CC[C@H]2[C@@H]3CCC4CC(O)CC[C@]4(C)[C@H]3CC[C@]12C.[NaH].[NaH]. The van der Waals surface area contributed by atoms with Gasteiger partial charge < -0.3 is 10.2 Å². The summed E-state index contributed by atoms with van der Waals surface area (Å²) < 4.78 is 0. The van der Waals surface area contributed by atoms with Gasteiger partial charge in [-0.05, 0) is 105 Å². The van der Waals surface area contributed by atoms with Crippen molar-refractivity contribution in [1.82, 2.24) is 0 Å². The van der Waals surface area contributed by atoms with E-state index >= 15 is 0 Å². The van der Waals surface area contributed by atoms with E-state index in [0.717, 1.165) is 36.5 Å². The van der Waals surface area contributed by atoms with E-state index in [1.165, 1.54) is 44.9 Å². The standard InChI is InChI=1S/C21H36O2.2Na.2H/c1-13(22)17-6-7-18-16-5-4-14-12-15(23)8-10-20(14,2)19(16)9-11-21(17,18)3;;;;/h13-19,22-23H,4-12H2,1-3H3;;;;/t13?,14?,15?,16-,17+,18-,19-,20-,21+;;;;/m0..../s1. The van der Waals surface area contributed by atoms with Gasteiger partial charge in [0.1, 0.15) is 0 Å². The van der Waals surface area contributed by atoms with Crippen LogP contribution in [0.3, 0.4) is 0 Å². The third-order valence-corrected chi connectivity index (χ3v) is 9.29. The molecule has 0 radical (unpaired) electrons. The summed E-state index contributed by atoms with van der Waals surface area (Å²) in [5, 5.41) is 20.4. The zero-order valence-electron chi connectivity index (χ0n) is 15.3. The molecule has 136 valence electrons. The summed E-state index contributed by atoms with van der Waals surface area (Å²) in [7, 11) is 0. The average Bonchev–Trinajstić information content (AvgIpc) is 2.85. The predicted molar refractivity (Wildman–Crippen MR) is 107 cm³/mol. The summed E-state index contributed by atoms with van der Waals surface area (Å²) in [4.78, 5) is 0. The Bertz CT molecular complexity index is 471. The molecule has 4 aliphatic carbocycles. The Morgan fingerprint density at radius 1 is 0.840 bits per heavy atom. The Morgan fingerprint density at radius 2 is 1.48 bits per heavy atom. The molecule has 0 aromatic rings. The molecule has 0 spiro atoms. The Hall–Kier alpha value is 1.92. The van der Waals surface area contributed by atoms with Crippen LogP contribution in [0, 0.1) is 40.4 Å². The quantitative estimate of drug-likeness (QED) is 0.699. The summed E-state index contributed by atoms with van der Waals surface area (Å²) in [5.74, 6) is 3.87. The van der Waals surface area contributed by atoms with Gasteiger partial charge in [0.2, 0.25) is 0 Å². The van der Waals surface area contributed by atoms with Crippen molar-refractivity contribution in [1.29, 1.82) is 0 Å². The van der Waals surface area contributed by atoms with Crippen molar-refractivity contribution in [2.75, 3.05) is 0 Å². The number of aliphatic hydroxyl groups is 2. The number of hydrogen-bond acceptors (Lipinski definition) is 2. The van der Waals surface area contributed by atoms with Crippen LogP contribution in [-0.4, -0.2) is 81.5 Å². The van der Waals surface area contributed by atoms with Crippen LogP contribution in [-0.2, 0) is 0 Å². The fourth-order valence-electron chi connectivity index (χ4n) is 8.07. The third-order valence-electron chi connectivity index (χ3n) is 9.29. The van der Waals surface area contributed by atoms with Gasteiger partial charge in [-0.3, -0.25) is 0 Å². The van der Waals surface area contributed by atoms with Crippen LogP contribution in [0.4, 0.5) is 0 Å². The fraction of sp³-hybridized carbons (Fsp3) is 1.00. The van der Waals surface area contributed by atoms with Crippen LogP contribution in [0.25, 0.3) is 0 Å². The van der Waals surface area contributed by atoms with Gasteiger partial charge in [0.25, 0.3) is 0 Å². The Kier molecular flexibility index (Phi) is 7.74. The molecule has 4 rings (SSSR count). The fourth-order valence-corrected chi connectivity index (χ4v) is 8.07. The molecule has 9 atom stereocenters. The van der Waals surface area contributed by atoms with Crippen LogP contribution in [0.2, 0.25) is 0 Å². The van der Waals surface area contributed by atoms with Crippen molar-refractivity contribution >= 4 is 59.1 Å². The Balaban J connectivity index is 0.00000113. The van der Waals surface area contributed by atoms with Crippen molar-refractivity contribution in [2.45, 2.75) is 90.8 Å². The van der Waals surface area contributed by atoms with Gasteiger partial charge >= 0.3 is 59.1 Å². The van der Waals surface area contributed by atoms with Crippen molar-refractivity contribution in [2.24, 2.45) is 40.4 Å². The van der Waals surface area contributed by atoms with E-state index in [0.29, 0.717) is 16.7 Å². The Labute approximate surface area is 198 Å². The molecule has 4 aliphatic rings. The van der Waals surface area contributed by atoms with E-state index in [4.69, 9.17) is 0 Å². The van der Waals surface area contributed by atoms with E-state index in [1.54, 1.807) is 0 Å². The van der Waals surface area contributed by atoms with Gasteiger partial charge in [0.05, 0.1) is 12.2 Å². The van der Waals surface area contributed by atoms with Gasteiger partial charge in [0.15, 0.2) is 0 Å². The minimum atomic E-state index is -0.140. The van der Waals surface area contributed by atoms with Gasteiger partial charge in [-0.1, -0.05) is 13.8 Å². The zero-order chi connectivity index (χ0) is 16.4. The zero-order valence-corrected chi connectivity index (χ0v) is 15.3. The summed E-state index contributed by atoms with van der Waals surface area (Å²) >= 11 is 0. The summed E-state index contributed by atoms with van der Waals surface area (Å²) in [6.45, 7) is 7.08. The van der Waals surface area contributed by atoms with Crippen molar-refractivity contribution in [3.63, 3.8) is 0 Å². The number of hydrogen-bond donors (Lipinski definition) is 2. The van der Waals surface area contributed by atoms with Crippen molar-refractivity contribution in [3.05, 3.63) is 0 Å². The number of aliphatic hydroxyl groups excluding tert-OH is 2. The first-order valence-electron chi connectivity index (χ1n) is 10.2. The molecule has 0 bridgehead atoms. The summed E-state index contributed by atoms with van der Waals surface area (Å²) in [6.07, 6.45) is 11.1. The second-order valence-corrected chi connectivity index (χ2v) is 10.1. The maximum atomic E-state index is 10.3. The first kappa shape index (κ1) is 23.2. The molecule has 25 heavy (non-hydrogen) atoms. The van der Waals surface area contributed by atoms with Gasteiger partial charge in [-0.2, -0.15) is 0 Å². The Morgan fingerprint density at radius 3 is 2.16 bits per heavy atom. The summed E-state index contributed by atoms with van der Waals surface area (Å²) in [5.41, 5.74) is 0.860. The summed E-state index contributed by atoms with van der Waals surface area (Å²) in [6, 6.07) is 0. The molecule has 4 saturated carbocycles. The number of rotatable bonds is 1. The molecular weight excluding hydrogens is 330 g/mol. The van der Waals surface area contributed by atoms with Gasteiger partial charge in [0, 0.05) is 0 Å². The first-order chi connectivity index (χ1) is 10.9. The monoisotopic (exact) mass is 368 g/mol. The molecule has 3 unspecified atom stereocenters. The molecule has 0 heterocycles. The van der Waals surface area contributed by atoms with Gasteiger partial charge in [-0.15, -0.1) is 0 Å². The van der Waals surface area contributed by atoms with Crippen LogP contribution in [0.1, 0.15) is 78.6 Å². The molecule has 4 heteroatoms. The van der Waals surface area contributed by atoms with E-state index in [9.17, 15) is 10.2 Å². The first-order valence-corrected chi connectivity index (χ1v) is 10.2. The molecular formula is C21H38Na2O2. The van der Waals surface area contributed by atoms with E-state index < -0.39 is 0 Å². The molecule has 2 N–H and O–H groups in total. The second-order valence-electron chi connectivity index (χ2n) is 10.1. The van der Waals surface area contributed by atoms with E-state index in [1.807, 2.05) is 6.92 Å². The molecule has 2 nitrogen and oxygen atoms in total. The van der Waals surface area contributed by atoms with Crippen LogP contribution >= 0.6 is 0 Å². The normalized spacial score (nSPS) is 52.7. The third kappa shape index (κ3) is 3.63. The molecule has 4 fully saturated rings. The molecule has 0 aromatic carbocycles. The molecule has 0 aromatic heterocycles.